The summed E-state index contributed by atoms with van der Waals surface area (Å²) in [5.74, 6) is 0.410. The largest absolute Gasteiger partial charge is 0.494 e. The summed E-state index contributed by atoms with van der Waals surface area (Å²) in [6.45, 7) is 5.52. The summed E-state index contributed by atoms with van der Waals surface area (Å²) in [6.07, 6.45) is 7.69. The fraction of sp³-hybridized carbons (Fsp3) is 0.440. The number of nitrogens with one attached hydrogen (secondary N) is 2. The van der Waals surface area contributed by atoms with Gasteiger partial charge < -0.3 is 9.47 Å². The number of hydrazine groups is 1. The smallest absolute Gasteiger partial charge is 0.273 e. The fourth-order valence-corrected chi connectivity index (χ4v) is 2.99. The van der Waals surface area contributed by atoms with Gasteiger partial charge in [0.15, 0.2) is 0 Å². The van der Waals surface area contributed by atoms with Crippen LogP contribution >= 0.6 is 0 Å². The Morgan fingerprint density at radius 2 is 1.32 bits per heavy atom. The lowest BCUT2D eigenvalue weighted by Gasteiger charge is -2.12. The molecule has 0 aromatic heterocycles. The molecule has 2 aromatic rings. The van der Waals surface area contributed by atoms with E-state index in [-0.39, 0.29) is 0 Å². The van der Waals surface area contributed by atoms with Gasteiger partial charge in [-0.05, 0) is 49.2 Å². The molecule has 0 aliphatic heterocycles. The maximum Gasteiger partial charge on any atom is 0.273 e. The highest BCUT2D eigenvalue weighted by Gasteiger charge is 2.13. The topological polar surface area (TPSA) is 76.7 Å². The Balaban J connectivity index is 1.82. The first-order valence-corrected chi connectivity index (χ1v) is 11.2. The van der Waals surface area contributed by atoms with E-state index in [0.29, 0.717) is 30.1 Å². The third-order valence-electron chi connectivity index (χ3n) is 4.81. The number of ether oxygens (including phenoxy) is 2. The zero-order valence-electron chi connectivity index (χ0n) is 18.6. The van der Waals surface area contributed by atoms with E-state index >= 15 is 0 Å². The third-order valence-corrected chi connectivity index (χ3v) is 4.81. The Kier molecular flexibility index (Phi) is 11.0. The summed E-state index contributed by atoms with van der Waals surface area (Å²) in [7, 11) is 0. The number of carbonyl (C=O) groups excluding carboxylic acids is 2. The van der Waals surface area contributed by atoms with Crippen LogP contribution in [0.25, 0.3) is 0 Å². The molecule has 0 fully saturated rings. The second-order valence-electron chi connectivity index (χ2n) is 7.39. The zero-order chi connectivity index (χ0) is 22.3. The van der Waals surface area contributed by atoms with Gasteiger partial charge in [-0.1, -0.05) is 58.1 Å². The molecule has 2 amide bonds. The van der Waals surface area contributed by atoms with Crippen LogP contribution in [-0.4, -0.2) is 25.0 Å². The molecule has 0 saturated heterocycles. The molecule has 0 bridgehead atoms. The number of benzene rings is 2. The average molecular weight is 427 g/mol. The molecule has 6 nitrogen and oxygen atoms in total. The molecule has 0 saturated carbocycles. The van der Waals surface area contributed by atoms with E-state index < -0.39 is 11.8 Å². The summed E-state index contributed by atoms with van der Waals surface area (Å²) in [4.78, 5) is 24.9. The third kappa shape index (κ3) is 8.70. The van der Waals surface area contributed by atoms with E-state index in [2.05, 4.69) is 24.7 Å². The molecule has 0 heterocycles. The number of amides is 2. The first kappa shape index (κ1) is 24.3. The zero-order valence-corrected chi connectivity index (χ0v) is 18.6. The molecule has 0 unspecified atom stereocenters. The van der Waals surface area contributed by atoms with Gasteiger partial charge in [0.25, 0.3) is 11.8 Å². The van der Waals surface area contributed by atoms with Crippen LogP contribution in [-0.2, 0) is 0 Å². The number of hydrogen-bond donors (Lipinski definition) is 2. The first-order chi connectivity index (χ1) is 15.2. The average Bonchev–Trinajstić information content (AvgIpc) is 2.80. The van der Waals surface area contributed by atoms with Gasteiger partial charge in [0, 0.05) is 5.56 Å². The van der Waals surface area contributed by atoms with E-state index in [4.69, 9.17) is 9.47 Å². The molecule has 0 radical (unpaired) electrons. The van der Waals surface area contributed by atoms with Gasteiger partial charge in [-0.15, -0.1) is 0 Å². The maximum atomic E-state index is 12.5. The molecule has 0 aliphatic carbocycles. The quantitative estimate of drug-likeness (QED) is 0.337. The molecule has 168 valence electrons. The van der Waals surface area contributed by atoms with Crippen molar-refractivity contribution < 1.29 is 19.1 Å². The van der Waals surface area contributed by atoms with Crippen LogP contribution in [0.5, 0.6) is 11.5 Å². The van der Waals surface area contributed by atoms with Gasteiger partial charge >= 0.3 is 0 Å². The highest BCUT2D eigenvalue weighted by Crippen LogP contribution is 2.18. The van der Waals surface area contributed by atoms with Crippen molar-refractivity contribution in [3.63, 3.8) is 0 Å². The van der Waals surface area contributed by atoms with Crippen molar-refractivity contribution in [1.29, 1.82) is 0 Å². The molecule has 2 aromatic carbocycles. The normalized spacial score (nSPS) is 10.4. The summed E-state index contributed by atoms with van der Waals surface area (Å²) in [5.41, 5.74) is 5.72. The Morgan fingerprint density at radius 1 is 0.710 bits per heavy atom. The number of hydrogen-bond acceptors (Lipinski definition) is 4. The van der Waals surface area contributed by atoms with Crippen molar-refractivity contribution in [2.24, 2.45) is 0 Å². The highest BCUT2D eigenvalue weighted by atomic mass is 16.5. The molecular formula is C25H34N2O4. The number of para-hydroxylation sites is 1. The molecule has 2 N–H and O–H groups in total. The van der Waals surface area contributed by atoms with Crippen LogP contribution in [0.3, 0.4) is 0 Å². The number of carbonyl (C=O) groups is 2. The predicted molar refractivity (Wildman–Crippen MR) is 122 cm³/mol. The van der Waals surface area contributed by atoms with Gasteiger partial charge in [0.05, 0.1) is 18.8 Å². The monoisotopic (exact) mass is 426 g/mol. The van der Waals surface area contributed by atoms with Crippen LogP contribution in [0.1, 0.15) is 79.5 Å². The van der Waals surface area contributed by atoms with Crippen LogP contribution < -0.4 is 20.3 Å². The number of unbranched alkanes of at least 4 members (excludes halogenated alkanes) is 5. The lowest BCUT2D eigenvalue weighted by Crippen LogP contribution is -2.41. The van der Waals surface area contributed by atoms with Crippen molar-refractivity contribution >= 4 is 11.8 Å². The van der Waals surface area contributed by atoms with E-state index in [0.717, 1.165) is 37.9 Å². The number of rotatable bonds is 13. The second-order valence-corrected chi connectivity index (χ2v) is 7.39. The lowest BCUT2D eigenvalue weighted by atomic mass is 10.2. The lowest BCUT2D eigenvalue weighted by molar-refractivity contribution is 0.0844. The SMILES string of the molecule is CCCCCCOc1ccc(C(=O)NNC(=O)c2ccccc2OCCCCC)cc1. The van der Waals surface area contributed by atoms with Gasteiger partial charge in [0.2, 0.25) is 0 Å². The van der Waals surface area contributed by atoms with Gasteiger partial charge in [0.1, 0.15) is 11.5 Å². The van der Waals surface area contributed by atoms with E-state index in [1.165, 1.54) is 12.8 Å². The first-order valence-electron chi connectivity index (χ1n) is 11.2. The van der Waals surface area contributed by atoms with Crippen molar-refractivity contribution in [2.45, 2.75) is 58.8 Å². The maximum absolute atomic E-state index is 12.5. The van der Waals surface area contributed by atoms with Gasteiger partial charge in [-0.2, -0.15) is 0 Å². The Morgan fingerprint density at radius 3 is 2.06 bits per heavy atom. The summed E-state index contributed by atoms with van der Waals surface area (Å²) >= 11 is 0. The highest BCUT2D eigenvalue weighted by molar-refractivity contribution is 6.00. The second kappa shape index (κ2) is 14.1. The Labute approximate surface area is 185 Å². The minimum atomic E-state index is -0.425. The van der Waals surface area contributed by atoms with Crippen LogP contribution in [0.4, 0.5) is 0 Å². The molecule has 0 spiro atoms. The van der Waals surface area contributed by atoms with Crippen LogP contribution in [0.2, 0.25) is 0 Å². The molecular weight excluding hydrogens is 392 g/mol. The van der Waals surface area contributed by atoms with Crippen molar-refractivity contribution in [2.75, 3.05) is 13.2 Å². The summed E-state index contributed by atoms with van der Waals surface area (Å²) < 4.78 is 11.4. The van der Waals surface area contributed by atoms with E-state index in [9.17, 15) is 9.59 Å². The minimum absolute atomic E-state index is 0.381. The van der Waals surface area contributed by atoms with Gasteiger partial charge in [-0.25, -0.2) is 0 Å². The Hall–Kier alpha value is -3.02. The predicted octanol–water partition coefficient (Wildman–Crippen LogP) is 5.29. The molecule has 0 aliphatic rings. The van der Waals surface area contributed by atoms with Gasteiger partial charge in [-0.3, -0.25) is 20.4 Å². The van der Waals surface area contributed by atoms with E-state index in [1.54, 1.807) is 42.5 Å². The standard InChI is InChI=1S/C25H34N2O4/c1-3-5-7-11-18-30-21-16-14-20(15-17-21)24(28)26-27-25(29)22-12-8-9-13-23(22)31-19-10-6-4-2/h8-9,12-17H,3-7,10-11,18-19H2,1-2H3,(H,26,28)(H,27,29). The molecule has 6 heteroatoms. The minimum Gasteiger partial charge on any atom is -0.494 e. The molecule has 0 atom stereocenters. The Bertz CT molecular complexity index is 805. The van der Waals surface area contributed by atoms with Crippen molar-refractivity contribution in [3.05, 3.63) is 59.7 Å². The van der Waals surface area contributed by atoms with Crippen LogP contribution in [0.15, 0.2) is 48.5 Å². The molecule has 2 rings (SSSR count). The summed E-state index contributed by atoms with van der Waals surface area (Å²) in [5, 5.41) is 0. The summed E-state index contributed by atoms with van der Waals surface area (Å²) in [6, 6.07) is 13.9. The van der Waals surface area contributed by atoms with Crippen LogP contribution in [0, 0.1) is 0 Å². The van der Waals surface area contributed by atoms with Crippen molar-refractivity contribution in [3.8, 4) is 11.5 Å². The fourth-order valence-electron chi connectivity index (χ4n) is 2.99. The molecule has 31 heavy (non-hydrogen) atoms. The van der Waals surface area contributed by atoms with E-state index in [1.807, 2.05) is 6.07 Å². The van der Waals surface area contributed by atoms with Crippen molar-refractivity contribution in [1.82, 2.24) is 10.9 Å².